The zero-order valence-corrected chi connectivity index (χ0v) is 8.36. The Labute approximate surface area is 82.4 Å². The van der Waals surface area contributed by atoms with Gasteiger partial charge in [-0.25, -0.2) is 0 Å². The molecule has 0 fully saturated rings. The summed E-state index contributed by atoms with van der Waals surface area (Å²) in [6.07, 6.45) is 0. The Morgan fingerprint density at radius 3 is 3.08 bits per heavy atom. The largest absolute Gasteiger partial charge is 0.414 e. The predicted octanol–water partition coefficient (Wildman–Crippen LogP) is 0.296. The second-order valence-electron chi connectivity index (χ2n) is 1.83. The van der Waals surface area contributed by atoms with Crippen LogP contribution in [0.5, 0.6) is 0 Å². The zero-order chi connectivity index (χ0) is 8.97. The first-order valence-electron chi connectivity index (χ1n) is 3.06. The van der Waals surface area contributed by atoms with Crippen LogP contribution in [0.2, 0.25) is 0 Å². The van der Waals surface area contributed by atoms with Crippen LogP contribution in [0.1, 0.15) is 16.6 Å². The molecule has 0 spiro atoms. The molecule has 1 N–H and O–H groups in total. The third-order valence-corrected chi connectivity index (χ3v) is 1.38. The standard InChI is InChI=1S/C5H6IN3O3/c1-7-4(10)5-9-8-3(12-5)2-11-6/h2H2,1H3,(H,7,10). The average molecular weight is 283 g/mol. The Kier molecular flexibility index (Phi) is 3.41. The topological polar surface area (TPSA) is 77.2 Å². The Hall–Kier alpha value is -0.700. The molecule has 0 bridgehead atoms. The zero-order valence-electron chi connectivity index (χ0n) is 6.20. The molecule has 0 saturated heterocycles. The second kappa shape index (κ2) is 4.36. The molecular formula is C5H6IN3O3. The Bertz CT molecular complexity index is 275. The maximum atomic E-state index is 10.9. The van der Waals surface area contributed by atoms with Gasteiger partial charge in [-0.15, -0.1) is 10.2 Å². The average Bonchev–Trinajstić information content (AvgIpc) is 2.52. The monoisotopic (exact) mass is 283 g/mol. The summed E-state index contributed by atoms with van der Waals surface area (Å²) in [7, 11) is 1.49. The minimum atomic E-state index is -0.401. The summed E-state index contributed by atoms with van der Waals surface area (Å²) in [5.74, 6) is -0.175. The van der Waals surface area contributed by atoms with E-state index in [2.05, 4.69) is 15.5 Å². The number of halogens is 1. The van der Waals surface area contributed by atoms with E-state index in [9.17, 15) is 4.79 Å². The number of nitrogens with one attached hydrogen (secondary N) is 1. The fourth-order valence-electron chi connectivity index (χ4n) is 0.557. The lowest BCUT2D eigenvalue weighted by atomic mass is 10.6. The third kappa shape index (κ3) is 2.14. The summed E-state index contributed by atoms with van der Waals surface area (Å²) in [4.78, 5) is 10.9. The van der Waals surface area contributed by atoms with Gasteiger partial charge < -0.3 is 12.8 Å². The molecule has 0 aromatic carbocycles. The van der Waals surface area contributed by atoms with Crippen LogP contribution in [0.3, 0.4) is 0 Å². The van der Waals surface area contributed by atoms with Gasteiger partial charge in [0.2, 0.25) is 5.89 Å². The van der Waals surface area contributed by atoms with E-state index in [1.807, 2.05) is 0 Å². The predicted molar refractivity (Wildman–Crippen MR) is 46.5 cm³/mol. The molecule has 0 unspecified atom stereocenters. The Balaban J connectivity index is 2.70. The van der Waals surface area contributed by atoms with E-state index < -0.39 is 5.91 Å². The van der Waals surface area contributed by atoms with Crippen LogP contribution in [0, 0.1) is 0 Å². The first kappa shape index (κ1) is 9.39. The minimum absolute atomic E-state index is 0.0547. The number of hydrogen-bond donors (Lipinski definition) is 1. The van der Waals surface area contributed by atoms with Gasteiger partial charge in [0.1, 0.15) is 29.6 Å². The second-order valence-corrected chi connectivity index (χ2v) is 2.46. The lowest BCUT2D eigenvalue weighted by Crippen LogP contribution is -2.17. The molecule has 1 rings (SSSR count). The fraction of sp³-hybridized carbons (Fsp3) is 0.400. The molecule has 6 nitrogen and oxygen atoms in total. The van der Waals surface area contributed by atoms with Crippen molar-refractivity contribution in [2.45, 2.75) is 6.61 Å². The van der Waals surface area contributed by atoms with Gasteiger partial charge >= 0.3 is 11.8 Å². The van der Waals surface area contributed by atoms with Crippen molar-refractivity contribution in [2.75, 3.05) is 7.05 Å². The van der Waals surface area contributed by atoms with Crippen molar-refractivity contribution in [1.82, 2.24) is 15.5 Å². The van der Waals surface area contributed by atoms with Crippen LogP contribution in [0.25, 0.3) is 0 Å². The smallest absolute Gasteiger partial charge is 0.308 e. The van der Waals surface area contributed by atoms with Gasteiger partial charge in [-0.05, 0) is 0 Å². The number of carbonyl (C=O) groups excluding carboxylic acids is 1. The highest BCUT2D eigenvalue weighted by atomic mass is 127. The SMILES string of the molecule is CNC(=O)c1nnc(COI)o1. The third-order valence-electron chi connectivity index (χ3n) is 1.07. The summed E-state index contributed by atoms with van der Waals surface area (Å²) in [5, 5.41) is 9.42. The van der Waals surface area contributed by atoms with E-state index in [0.29, 0.717) is 0 Å². The highest BCUT2D eigenvalue weighted by Gasteiger charge is 2.12. The lowest BCUT2D eigenvalue weighted by Gasteiger charge is -1.89. The first-order valence-corrected chi connectivity index (χ1v) is 3.94. The van der Waals surface area contributed by atoms with Gasteiger partial charge in [0.15, 0.2) is 0 Å². The number of nitrogens with zero attached hydrogens (tertiary/aromatic N) is 2. The van der Waals surface area contributed by atoms with Gasteiger partial charge in [-0.1, -0.05) is 0 Å². The molecule has 1 heterocycles. The van der Waals surface area contributed by atoms with Gasteiger partial charge in [-0.3, -0.25) is 4.79 Å². The van der Waals surface area contributed by atoms with Gasteiger partial charge in [-0.2, -0.15) is 0 Å². The maximum Gasteiger partial charge on any atom is 0.308 e. The van der Waals surface area contributed by atoms with Crippen molar-refractivity contribution in [3.63, 3.8) is 0 Å². The van der Waals surface area contributed by atoms with Crippen LogP contribution in [0.4, 0.5) is 0 Å². The molecule has 0 aliphatic heterocycles. The molecule has 0 atom stereocenters. The summed E-state index contributed by atoms with van der Waals surface area (Å²) < 4.78 is 9.61. The number of hydrogen-bond acceptors (Lipinski definition) is 5. The van der Waals surface area contributed by atoms with E-state index in [4.69, 9.17) is 7.48 Å². The Morgan fingerprint density at radius 2 is 2.50 bits per heavy atom. The summed E-state index contributed by atoms with van der Waals surface area (Å²) in [6, 6.07) is 0. The van der Waals surface area contributed by atoms with E-state index in [1.54, 1.807) is 23.0 Å². The molecule has 0 saturated carbocycles. The van der Waals surface area contributed by atoms with Crippen molar-refractivity contribution in [3.8, 4) is 0 Å². The molecule has 0 aliphatic rings. The number of rotatable bonds is 3. The molecule has 7 heteroatoms. The van der Waals surface area contributed by atoms with Gasteiger partial charge in [0, 0.05) is 7.05 Å². The molecule has 1 aromatic heterocycles. The molecular weight excluding hydrogens is 277 g/mol. The normalized spacial score (nSPS) is 9.83. The highest BCUT2D eigenvalue weighted by molar-refractivity contribution is 14.1. The van der Waals surface area contributed by atoms with Crippen molar-refractivity contribution < 1.29 is 12.3 Å². The van der Waals surface area contributed by atoms with Crippen LogP contribution in [-0.4, -0.2) is 23.2 Å². The van der Waals surface area contributed by atoms with Gasteiger partial charge in [0.05, 0.1) is 0 Å². The van der Waals surface area contributed by atoms with Crippen molar-refractivity contribution in [2.24, 2.45) is 0 Å². The van der Waals surface area contributed by atoms with Crippen LogP contribution in [0.15, 0.2) is 4.42 Å². The Morgan fingerprint density at radius 1 is 1.75 bits per heavy atom. The van der Waals surface area contributed by atoms with E-state index in [0.717, 1.165) is 0 Å². The summed E-state index contributed by atoms with van der Waals surface area (Å²) in [6.45, 7) is 0.199. The minimum Gasteiger partial charge on any atom is -0.414 e. The van der Waals surface area contributed by atoms with E-state index in [-0.39, 0.29) is 18.4 Å². The van der Waals surface area contributed by atoms with Crippen molar-refractivity contribution in [3.05, 3.63) is 11.8 Å². The first-order chi connectivity index (χ1) is 5.77. The number of amides is 1. The molecule has 0 radical (unpaired) electrons. The maximum absolute atomic E-state index is 10.9. The number of carbonyl (C=O) groups is 1. The molecule has 1 aromatic rings. The molecule has 12 heavy (non-hydrogen) atoms. The van der Waals surface area contributed by atoms with Crippen molar-refractivity contribution in [1.29, 1.82) is 0 Å². The number of aromatic nitrogens is 2. The summed E-state index contributed by atoms with van der Waals surface area (Å²) >= 11 is 1.70. The van der Waals surface area contributed by atoms with Crippen LogP contribution in [-0.2, 0) is 9.67 Å². The quantitative estimate of drug-likeness (QED) is 0.807. The molecule has 1 amide bonds. The van der Waals surface area contributed by atoms with Crippen LogP contribution >= 0.6 is 23.0 Å². The van der Waals surface area contributed by atoms with Gasteiger partial charge in [0.25, 0.3) is 0 Å². The fourth-order valence-corrected chi connectivity index (χ4v) is 0.824. The summed E-state index contributed by atoms with van der Waals surface area (Å²) in [5.41, 5.74) is 0. The molecule has 66 valence electrons. The van der Waals surface area contributed by atoms with Crippen LogP contribution < -0.4 is 5.32 Å². The molecule has 0 aliphatic carbocycles. The highest BCUT2D eigenvalue weighted by Crippen LogP contribution is 2.02. The van der Waals surface area contributed by atoms with E-state index >= 15 is 0 Å². The van der Waals surface area contributed by atoms with Crippen molar-refractivity contribution >= 4 is 28.9 Å². The van der Waals surface area contributed by atoms with E-state index in [1.165, 1.54) is 7.05 Å². The lowest BCUT2D eigenvalue weighted by molar-refractivity contribution is 0.0925.